The lowest BCUT2D eigenvalue weighted by atomic mass is 10.1. The van der Waals surface area contributed by atoms with E-state index in [1.165, 1.54) is 12.1 Å². The quantitative estimate of drug-likeness (QED) is 0.771. The van der Waals surface area contributed by atoms with Gasteiger partial charge in [0.2, 0.25) is 0 Å². The molecule has 0 radical (unpaired) electrons. The Morgan fingerprint density at radius 1 is 1.05 bits per heavy atom. The number of rotatable bonds is 2. The molecule has 0 unspecified atom stereocenters. The van der Waals surface area contributed by atoms with Gasteiger partial charge in [0, 0.05) is 11.1 Å². The molecular formula is C16H14FN3. The predicted molar refractivity (Wildman–Crippen MR) is 78.1 cm³/mol. The van der Waals surface area contributed by atoms with Gasteiger partial charge in [-0.1, -0.05) is 30.3 Å². The largest absolute Gasteiger partial charge is 0.383 e. The number of benzene rings is 2. The van der Waals surface area contributed by atoms with Crippen LogP contribution in [0.1, 0.15) is 5.56 Å². The highest BCUT2D eigenvalue weighted by atomic mass is 19.1. The van der Waals surface area contributed by atoms with Crippen molar-refractivity contribution in [2.24, 2.45) is 0 Å². The lowest BCUT2D eigenvalue weighted by Gasteiger charge is -2.02. The molecule has 4 heteroatoms. The lowest BCUT2D eigenvalue weighted by Crippen LogP contribution is -2.01. The number of nitrogen functional groups attached to an aromatic ring is 1. The van der Waals surface area contributed by atoms with Gasteiger partial charge in [0.25, 0.3) is 0 Å². The fourth-order valence-electron chi connectivity index (χ4n) is 2.19. The molecule has 0 saturated heterocycles. The normalized spacial score (nSPS) is 10.7. The second kappa shape index (κ2) is 4.81. The van der Waals surface area contributed by atoms with Crippen molar-refractivity contribution >= 4 is 5.82 Å². The van der Waals surface area contributed by atoms with Crippen molar-refractivity contribution in [2.45, 2.75) is 6.92 Å². The summed E-state index contributed by atoms with van der Waals surface area (Å²) in [7, 11) is 0. The second-order valence-corrected chi connectivity index (χ2v) is 4.62. The van der Waals surface area contributed by atoms with E-state index in [-0.39, 0.29) is 5.82 Å². The number of nitrogens with two attached hydrogens (primary N) is 1. The number of anilines is 1. The summed E-state index contributed by atoms with van der Waals surface area (Å²) < 4.78 is 15.0. The highest BCUT2D eigenvalue weighted by Gasteiger charge is 2.14. The summed E-state index contributed by atoms with van der Waals surface area (Å²) in [6.07, 6.45) is 0. The van der Waals surface area contributed by atoms with Gasteiger partial charge in [0.15, 0.2) is 0 Å². The van der Waals surface area contributed by atoms with E-state index in [9.17, 15) is 4.39 Å². The monoisotopic (exact) mass is 267 g/mol. The summed E-state index contributed by atoms with van der Waals surface area (Å²) in [5.74, 6) is 0.283. The van der Waals surface area contributed by atoms with Crippen molar-refractivity contribution in [2.75, 3.05) is 5.73 Å². The maximum atomic E-state index is 13.3. The minimum atomic E-state index is -0.283. The van der Waals surface area contributed by atoms with Crippen LogP contribution in [0.4, 0.5) is 10.2 Å². The zero-order valence-corrected chi connectivity index (χ0v) is 11.0. The molecule has 0 aliphatic rings. The zero-order valence-electron chi connectivity index (χ0n) is 11.0. The molecule has 2 aromatic carbocycles. The van der Waals surface area contributed by atoms with Crippen LogP contribution >= 0.6 is 0 Å². The van der Waals surface area contributed by atoms with Gasteiger partial charge in [-0.25, -0.2) is 9.07 Å². The summed E-state index contributed by atoms with van der Waals surface area (Å²) >= 11 is 0. The first-order valence-corrected chi connectivity index (χ1v) is 6.33. The third-order valence-corrected chi connectivity index (χ3v) is 3.27. The summed E-state index contributed by atoms with van der Waals surface area (Å²) in [6, 6.07) is 16.0. The SMILES string of the molecule is Cc1c(-c2cccc(F)c2)nn(-c2ccccc2)c1N. The molecule has 2 N–H and O–H groups in total. The first kappa shape index (κ1) is 12.4. The lowest BCUT2D eigenvalue weighted by molar-refractivity contribution is 0.628. The number of hydrogen-bond donors (Lipinski definition) is 1. The summed E-state index contributed by atoms with van der Waals surface area (Å²) in [5.41, 5.74) is 9.27. The third-order valence-electron chi connectivity index (χ3n) is 3.27. The summed E-state index contributed by atoms with van der Waals surface area (Å²) in [6.45, 7) is 1.89. The minimum absolute atomic E-state index is 0.283. The molecule has 100 valence electrons. The average molecular weight is 267 g/mol. The highest BCUT2D eigenvalue weighted by Crippen LogP contribution is 2.28. The Balaban J connectivity index is 2.16. The van der Waals surface area contributed by atoms with Crippen LogP contribution in [0.2, 0.25) is 0 Å². The standard InChI is InChI=1S/C16H14FN3/c1-11-15(12-6-5-7-13(17)10-12)19-20(16(11)18)14-8-3-2-4-9-14/h2-10H,18H2,1H3. The van der Waals surface area contributed by atoms with E-state index in [1.54, 1.807) is 10.7 Å². The van der Waals surface area contributed by atoms with E-state index in [2.05, 4.69) is 5.10 Å². The summed E-state index contributed by atoms with van der Waals surface area (Å²) in [4.78, 5) is 0. The van der Waals surface area contributed by atoms with Crippen LogP contribution in [0, 0.1) is 12.7 Å². The second-order valence-electron chi connectivity index (χ2n) is 4.62. The Morgan fingerprint density at radius 3 is 2.50 bits per heavy atom. The molecule has 0 spiro atoms. The molecule has 3 aromatic rings. The molecule has 1 heterocycles. The molecule has 20 heavy (non-hydrogen) atoms. The predicted octanol–water partition coefficient (Wildman–Crippen LogP) is 3.57. The van der Waals surface area contributed by atoms with E-state index in [4.69, 9.17) is 5.73 Å². The van der Waals surface area contributed by atoms with Crippen LogP contribution in [0.15, 0.2) is 54.6 Å². The fraction of sp³-hybridized carbons (Fsp3) is 0.0625. The van der Waals surface area contributed by atoms with Crippen molar-refractivity contribution < 1.29 is 4.39 Å². The van der Waals surface area contributed by atoms with Gasteiger partial charge in [0.1, 0.15) is 11.6 Å². The molecule has 3 nitrogen and oxygen atoms in total. The van der Waals surface area contributed by atoms with E-state index < -0.39 is 0 Å². The molecule has 0 amide bonds. The van der Waals surface area contributed by atoms with Gasteiger partial charge < -0.3 is 5.73 Å². The Bertz CT molecular complexity index is 748. The maximum Gasteiger partial charge on any atom is 0.130 e. The van der Waals surface area contributed by atoms with E-state index in [0.717, 1.165) is 16.8 Å². The molecule has 3 rings (SSSR count). The Morgan fingerprint density at radius 2 is 1.80 bits per heavy atom. The Labute approximate surface area is 116 Å². The van der Waals surface area contributed by atoms with Crippen molar-refractivity contribution in [1.29, 1.82) is 0 Å². The van der Waals surface area contributed by atoms with Gasteiger partial charge >= 0.3 is 0 Å². The van der Waals surface area contributed by atoms with Gasteiger partial charge in [-0.05, 0) is 31.2 Å². The topological polar surface area (TPSA) is 43.8 Å². The first-order chi connectivity index (χ1) is 9.66. The van der Waals surface area contributed by atoms with Crippen molar-refractivity contribution in [3.05, 3.63) is 66.0 Å². The van der Waals surface area contributed by atoms with Crippen LogP contribution in [0.5, 0.6) is 0 Å². The van der Waals surface area contributed by atoms with Gasteiger partial charge in [-0.3, -0.25) is 0 Å². The smallest absolute Gasteiger partial charge is 0.130 e. The van der Waals surface area contributed by atoms with E-state index in [1.807, 2.05) is 43.3 Å². The van der Waals surface area contributed by atoms with Crippen molar-refractivity contribution in [3.63, 3.8) is 0 Å². The molecule has 0 fully saturated rings. The maximum absolute atomic E-state index is 13.3. The Kier molecular flexibility index (Phi) is 2.99. The third kappa shape index (κ3) is 2.05. The number of halogens is 1. The number of para-hydroxylation sites is 1. The minimum Gasteiger partial charge on any atom is -0.383 e. The van der Waals surface area contributed by atoms with E-state index >= 15 is 0 Å². The molecule has 0 aliphatic carbocycles. The molecule has 1 aromatic heterocycles. The van der Waals surface area contributed by atoms with Crippen LogP contribution in [-0.2, 0) is 0 Å². The molecule has 0 aliphatic heterocycles. The zero-order chi connectivity index (χ0) is 14.1. The van der Waals surface area contributed by atoms with E-state index in [0.29, 0.717) is 11.5 Å². The summed E-state index contributed by atoms with van der Waals surface area (Å²) in [5, 5.41) is 4.52. The fourth-order valence-corrected chi connectivity index (χ4v) is 2.19. The number of hydrogen-bond acceptors (Lipinski definition) is 2. The van der Waals surface area contributed by atoms with Gasteiger partial charge in [0.05, 0.1) is 11.4 Å². The van der Waals surface area contributed by atoms with Gasteiger partial charge in [-0.2, -0.15) is 5.10 Å². The van der Waals surface area contributed by atoms with Crippen LogP contribution in [0.3, 0.4) is 0 Å². The number of aromatic nitrogens is 2. The Hall–Kier alpha value is -2.62. The van der Waals surface area contributed by atoms with Crippen molar-refractivity contribution in [3.8, 4) is 16.9 Å². The number of nitrogens with zero attached hydrogens (tertiary/aromatic N) is 2. The van der Waals surface area contributed by atoms with Crippen molar-refractivity contribution in [1.82, 2.24) is 9.78 Å². The van der Waals surface area contributed by atoms with Gasteiger partial charge in [-0.15, -0.1) is 0 Å². The average Bonchev–Trinajstić information content (AvgIpc) is 2.76. The molecule has 0 atom stereocenters. The molecule has 0 saturated carbocycles. The van der Waals surface area contributed by atoms with Crippen LogP contribution in [0.25, 0.3) is 16.9 Å². The molecule has 0 bridgehead atoms. The van der Waals surface area contributed by atoms with Crippen LogP contribution < -0.4 is 5.73 Å². The highest BCUT2D eigenvalue weighted by molar-refractivity contribution is 5.69. The molecular weight excluding hydrogens is 253 g/mol. The first-order valence-electron chi connectivity index (χ1n) is 6.33. The van der Waals surface area contributed by atoms with Crippen LogP contribution in [-0.4, -0.2) is 9.78 Å².